The molecule has 0 heterocycles. The van der Waals surface area contributed by atoms with Gasteiger partial charge < -0.3 is 4.90 Å². The van der Waals surface area contributed by atoms with Crippen molar-refractivity contribution in [2.24, 2.45) is 5.92 Å². The summed E-state index contributed by atoms with van der Waals surface area (Å²) in [5.41, 5.74) is 1.82. The van der Waals surface area contributed by atoms with Crippen LogP contribution >= 0.6 is 11.6 Å². The predicted molar refractivity (Wildman–Crippen MR) is 117 cm³/mol. The summed E-state index contributed by atoms with van der Waals surface area (Å²) >= 11 is 6.04. The summed E-state index contributed by atoms with van der Waals surface area (Å²) in [5.74, 6) is -1.23. The SMILES string of the molecule is CC(C)CC(N(C)C)C1(c2ccc(Cl)cc2)CCC1.O=S(=O)(O)CCS(=O)(=O)O. The fourth-order valence-electron chi connectivity index (χ4n) is 3.74. The predicted octanol–water partition coefficient (Wildman–Crippen LogP) is 3.50. The largest absolute Gasteiger partial charge is 0.306 e. The number of hydrogen-bond donors (Lipinski definition) is 2. The van der Waals surface area contributed by atoms with Crippen LogP contribution in [0.25, 0.3) is 0 Å². The Bertz CT molecular complexity index is 815. The number of rotatable bonds is 8. The fourth-order valence-corrected chi connectivity index (χ4v) is 5.55. The average Bonchev–Trinajstić information content (AvgIpc) is 2.52. The third-order valence-corrected chi connectivity index (χ3v) is 7.17. The quantitative estimate of drug-likeness (QED) is 0.560. The van der Waals surface area contributed by atoms with Crippen molar-refractivity contribution in [1.82, 2.24) is 4.90 Å². The van der Waals surface area contributed by atoms with Crippen LogP contribution in [0.3, 0.4) is 0 Å². The van der Waals surface area contributed by atoms with Crippen LogP contribution in [0.1, 0.15) is 45.1 Å². The maximum atomic E-state index is 9.86. The molecule has 1 fully saturated rings. The normalized spacial score (nSPS) is 17.4. The summed E-state index contributed by atoms with van der Waals surface area (Å²) in [4.78, 5) is 2.42. The van der Waals surface area contributed by atoms with Crippen molar-refractivity contribution in [3.63, 3.8) is 0 Å². The van der Waals surface area contributed by atoms with Gasteiger partial charge in [-0.3, -0.25) is 9.11 Å². The Morgan fingerprint density at radius 1 is 1.00 bits per heavy atom. The maximum absolute atomic E-state index is 9.86. The number of hydrogen-bond acceptors (Lipinski definition) is 5. The molecule has 0 saturated heterocycles. The van der Waals surface area contributed by atoms with Gasteiger partial charge >= 0.3 is 0 Å². The Morgan fingerprint density at radius 2 is 1.45 bits per heavy atom. The van der Waals surface area contributed by atoms with E-state index in [1.54, 1.807) is 0 Å². The molecule has 2 rings (SSSR count). The van der Waals surface area contributed by atoms with Crippen LogP contribution in [0.4, 0.5) is 0 Å². The molecule has 29 heavy (non-hydrogen) atoms. The lowest BCUT2D eigenvalue weighted by atomic mass is 9.58. The van der Waals surface area contributed by atoms with E-state index in [9.17, 15) is 16.8 Å². The minimum Gasteiger partial charge on any atom is -0.306 e. The summed E-state index contributed by atoms with van der Waals surface area (Å²) < 4.78 is 55.4. The first kappa shape index (κ1) is 26.3. The standard InChI is InChI=1S/C17H26ClN.C2H6O6S2/c1-13(2)12-16(19(3)4)17(10-5-11-17)14-6-8-15(18)9-7-14;3-9(4,5)1-2-10(6,7)8/h6-9,13,16H,5,10-12H2,1-4H3;1-2H2,(H,3,4,5)(H,6,7,8). The molecule has 1 saturated carbocycles. The molecule has 7 nitrogen and oxygen atoms in total. The van der Waals surface area contributed by atoms with E-state index in [2.05, 4.69) is 45.0 Å². The van der Waals surface area contributed by atoms with Crippen molar-refractivity contribution in [1.29, 1.82) is 0 Å². The minimum absolute atomic E-state index is 0.346. The first-order valence-electron chi connectivity index (χ1n) is 9.49. The summed E-state index contributed by atoms with van der Waals surface area (Å²) in [5, 5.41) is 0.837. The van der Waals surface area contributed by atoms with Crippen LogP contribution in [0, 0.1) is 5.92 Å². The molecule has 1 aromatic rings. The van der Waals surface area contributed by atoms with Gasteiger partial charge in [0.15, 0.2) is 0 Å². The van der Waals surface area contributed by atoms with Gasteiger partial charge in [-0.15, -0.1) is 0 Å². The zero-order valence-corrected chi connectivity index (χ0v) is 19.8. The van der Waals surface area contributed by atoms with Gasteiger partial charge in [-0.25, -0.2) is 0 Å². The Morgan fingerprint density at radius 3 is 1.72 bits per heavy atom. The van der Waals surface area contributed by atoms with Crippen molar-refractivity contribution in [2.45, 2.75) is 51.0 Å². The van der Waals surface area contributed by atoms with E-state index >= 15 is 0 Å². The van der Waals surface area contributed by atoms with Crippen molar-refractivity contribution >= 4 is 31.8 Å². The van der Waals surface area contributed by atoms with Crippen LogP contribution in [-0.4, -0.2) is 62.5 Å². The highest BCUT2D eigenvalue weighted by Crippen LogP contribution is 2.49. The van der Waals surface area contributed by atoms with E-state index in [0.717, 1.165) is 10.9 Å². The Hall–Kier alpha value is -0.710. The molecule has 0 radical (unpaired) electrons. The van der Waals surface area contributed by atoms with Crippen molar-refractivity contribution in [3.8, 4) is 0 Å². The van der Waals surface area contributed by atoms with Crippen molar-refractivity contribution in [2.75, 3.05) is 25.6 Å². The topological polar surface area (TPSA) is 112 Å². The molecule has 1 atom stereocenters. The monoisotopic (exact) mass is 469 g/mol. The Balaban J connectivity index is 0.000000359. The van der Waals surface area contributed by atoms with E-state index in [0.29, 0.717) is 11.5 Å². The van der Waals surface area contributed by atoms with Gasteiger partial charge in [0.25, 0.3) is 20.2 Å². The highest BCUT2D eigenvalue weighted by molar-refractivity contribution is 7.89. The lowest BCUT2D eigenvalue weighted by Crippen LogP contribution is -2.52. The van der Waals surface area contributed by atoms with Gasteiger partial charge in [0.2, 0.25) is 0 Å². The molecule has 0 bridgehead atoms. The van der Waals surface area contributed by atoms with Gasteiger partial charge in [0.05, 0.1) is 11.5 Å². The highest BCUT2D eigenvalue weighted by Gasteiger charge is 2.46. The molecule has 168 valence electrons. The highest BCUT2D eigenvalue weighted by atomic mass is 35.5. The number of nitrogens with zero attached hydrogens (tertiary/aromatic N) is 1. The molecule has 0 spiro atoms. The van der Waals surface area contributed by atoms with Crippen LogP contribution < -0.4 is 0 Å². The number of benzene rings is 1. The van der Waals surface area contributed by atoms with Crippen molar-refractivity contribution < 1.29 is 25.9 Å². The molecule has 1 unspecified atom stereocenters. The first-order valence-corrected chi connectivity index (χ1v) is 13.1. The third-order valence-electron chi connectivity index (χ3n) is 5.22. The molecular weight excluding hydrogens is 438 g/mol. The van der Waals surface area contributed by atoms with Gasteiger partial charge in [-0.2, -0.15) is 16.8 Å². The lowest BCUT2D eigenvalue weighted by Gasteiger charge is -2.51. The molecule has 0 amide bonds. The molecule has 1 aliphatic carbocycles. The first-order chi connectivity index (χ1) is 13.2. The summed E-state index contributed by atoms with van der Waals surface area (Å²) in [7, 11) is -4.14. The zero-order valence-electron chi connectivity index (χ0n) is 17.4. The van der Waals surface area contributed by atoms with E-state index in [1.807, 2.05) is 12.1 Å². The second-order valence-electron chi connectivity index (χ2n) is 8.20. The van der Waals surface area contributed by atoms with E-state index in [-0.39, 0.29) is 0 Å². The Labute approximate surface area is 179 Å². The van der Waals surface area contributed by atoms with Gasteiger partial charge in [0, 0.05) is 16.5 Å². The number of halogens is 1. The van der Waals surface area contributed by atoms with E-state index in [4.69, 9.17) is 20.7 Å². The summed E-state index contributed by atoms with van der Waals surface area (Å²) in [6.45, 7) is 4.65. The van der Waals surface area contributed by atoms with Gasteiger partial charge in [-0.1, -0.05) is 44.0 Å². The molecule has 10 heteroatoms. The molecule has 1 aliphatic rings. The van der Waals surface area contributed by atoms with Gasteiger partial charge in [0.1, 0.15) is 0 Å². The zero-order chi connectivity index (χ0) is 22.5. The minimum atomic E-state index is -4.30. The molecule has 2 N–H and O–H groups in total. The van der Waals surface area contributed by atoms with E-state index < -0.39 is 31.7 Å². The second kappa shape index (κ2) is 10.5. The molecule has 1 aromatic carbocycles. The summed E-state index contributed by atoms with van der Waals surface area (Å²) in [6.07, 6.45) is 5.23. The van der Waals surface area contributed by atoms with Crippen LogP contribution in [0.5, 0.6) is 0 Å². The molecular formula is C19H32ClNO6S2. The molecule has 0 aromatic heterocycles. The Kier molecular flexibility index (Phi) is 9.57. The van der Waals surface area contributed by atoms with Gasteiger partial charge in [-0.05, 0) is 57.0 Å². The fraction of sp³-hybridized carbons (Fsp3) is 0.684. The summed E-state index contributed by atoms with van der Waals surface area (Å²) in [6, 6.07) is 9.18. The lowest BCUT2D eigenvalue weighted by molar-refractivity contribution is 0.0808. The van der Waals surface area contributed by atoms with Crippen LogP contribution in [0.2, 0.25) is 5.02 Å². The smallest absolute Gasteiger partial charge is 0.265 e. The maximum Gasteiger partial charge on any atom is 0.265 e. The van der Waals surface area contributed by atoms with Crippen molar-refractivity contribution in [3.05, 3.63) is 34.9 Å². The van der Waals surface area contributed by atoms with Crippen LogP contribution in [0.15, 0.2) is 24.3 Å². The van der Waals surface area contributed by atoms with Crippen LogP contribution in [-0.2, 0) is 25.7 Å². The number of likely N-dealkylation sites (N-methyl/N-ethyl adjacent to an activating group) is 1. The third kappa shape index (κ3) is 8.90. The molecule has 0 aliphatic heterocycles. The van der Waals surface area contributed by atoms with E-state index in [1.165, 1.54) is 31.2 Å². The average molecular weight is 470 g/mol. The second-order valence-corrected chi connectivity index (χ2v) is 11.8.